The largest absolute Gasteiger partial charge is 0.378 e. The van der Waals surface area contributed by atoms with Gasteiger partial charge in [-0.1, -0.05) is 6.92 Å². The summed E-state index contributed by atoms with van der Waals surface area (Å²) in [5, 5.41) is 5.84. The third kappa shape index (κ3) is 6.06. The molecule has 9 nitrogen and oxygen atoms in total. The van der Waals surface area contributed by atoms with Gasteiger partial charge in [0.2, 0.25) is 0 Å². The number of hydrogen-bond acceptors (Lipinski definition) is 7. The molecule has 2 saturated heterocycles. The van der Waals surface area contributed by atoms with E-state index in [-0.39, 0.29) is 6.03 Å². The lowest BCUT2D eigenvalue weighted by Crippen LogP contribution is -2.44. The quantitative estimate of drug-likeness (QED) is 0.508. The summed E-state index contributed by atoms with van der Waals surface area (Å²) in [4.78, 5) is 29.4. The SMILES string of the molecule is CCc1nc(-c2ccc(NC(=O)Nc3ccc(N4CCN(C)CC4)cc3)cc2)nc(N2CCOCC2)c1C. The minimum atomic E-state index is -0.278. The van der Waals surface area contributed by atoms with Crippen LogP contribution in [0.4, 0.5) is 27.7 Å². The van der Waals surface area contributed by atoms with E-state index in [0.717, 1.165) is 74.0 Å². The Morgan fingerprint density at radius 1 is 0.842 bits per heavy atom. The zero-order valence-corrected chi connectivity index (χ0v) is 22.5. The van der Waals surface area contributed by atoms with Gasteiger partial charge in [0.25, 0.3) is 0 Å². The molecule has 0 aliphatic carbocycles. The molecular weight excluding hydrogens is 478 g/mol. The van der Waals surface area contributed by atoms with Gasteiger partial charge in [-0.3, -0.25) is 0 Å². The Morgan fingerprint density at radius 2 is 1.45 bits per heavy atom. The molecule has 2 fully saturated rings. The van der Waals surface area contributed by atoms with Crippen molar-refractivity contribution in [1.29, 1.82) is 0 Å². The molecule has 2 amide bonds. The number of carbonyl (C=O) groups is 1. The van der Waals surface area contributed by atoms with Crippen molar-refractivity contribution < 1.29 is 9.53 Å². The number of aryl methyl sites for hydroxylation is 1. The number of piperazine rings is 1. The van der Waals surface area contributed by atoms with Gasteiger partial charge in [-0.2, -0.15) is 0 Å². The van der Waals surface area contributed by atoms with Gasteiger partial charge in [-0.05, 0) is 68.9 Å². The number of urea groups is 1. The fourth-order valence-electron chi connectivity index (χ4n) is 4.92. The number of aromatic nitrogens is 2. The number of ether oxygens (including phenoxy) is 1. The van der Waals surface area contributed by atoms with Crippen molar-refractivity contribution >= 4 is 28.9 Å². The highest BCUT2D eigenvalue weighted by Gasteiger charge is 2.19. The average molecular weight is 516 g/mol. The number of morpholine rings is 1. The zero-order chi connectivity index (χ0) is 26.5. The third-order valence-electron chi connectivity index (χ3n) is 7.26. The molecular formula is C29H37N7O2. The normalized spacial score (nSPS) is 16.4. The van der Waals surface area contributed by atoms with Crippen LogP contribution in [0.1, 0.15) is 18.2 Å². The Hall–Kier alpha value is -3.69. The van der Waals surface area contributed by atoms with E-state index in [1.54, 1.807) is 0 Å². The lowest BCUT2D eigenvalue weighted by molar-refractivity contribution is 0.122. The predicted molar refractivity (Wildman–Crippen MR) is 153 cm³/mol. The number of nitrogens with one attached hydrogen (secondary N) is 2. The fraction of sp³-hybridized carbons (Fsp3) is 0.414. The van der Waals surface area contributed by atoms with E-state index >= 15 is 0 Å². The molecule has 0 spiro atoms. The highest BCUT2D eigenvalue weighted by molar-refractivity contribution is 5.99. The summed E-state index contributed by atoms with van der Waals surface area (Å²) in [7, 11) is 2.15. The Balaban J connectivity index is 1.22. The average Bonchev–Trinajstić information content (AvgIpc) is 2.95. The van der Waals surface area contributed by atoms with Crippen LogP contribution in [-0.2, 0) is 11.2 Å². The van der Waals surface area contributed by atoms with Crippen LogP contribution in [-0.4, -0.2) is 80.4 Å². The Morgan fingerprint density at radius 3 is 2.05 bits per heavy atom. The van der Waals surface area contributed by atoms with Crippen molar-refractivity contribution in [3.8, 4) is 11.4 Å². The fourth-order valence-corrected chi connectivity index (χ4v) is 4.92. The first-order valence-corrected chi connectivity index (χ1v) is 13.4. The molecule has 2 aliphatic rings. The second kappa shape index (κ2) is 11.8. The van der Waals surface area contributed by atoms with E-state index in [4.69, 9.17) is 14.7 Å². The maximum Gasteiger partial charge on any atom is 0.323 e. The van der Waals surface area contributed by atoms with Crippen LogP contribution >= 0.6 is 0 Å². The van der Waals surface area contributed by atoms with Crippen LogP contribution < -0.4 is 20.4 Å². The zero-order valence-electron chi connectivity index (χ0n) is 22.5. The minimum Gasteiger partial charge on any atom is -0.378 e. The standard InChI is InChI=1S/C29H37N7O2/c1-4-26-21(2)28(36-17-19-38-20-18-36)33-27(32-26)22-5-7-23(8-6-22)30-29(37)31-24-9-11-25(12-10-24)35-15-13-34(3)14-16-35/h5-12H,4,13-20H2,1-3H3,(H2,30,31,37). The summed E-state index contributed by atoms with van der Waals surface area (Å²) >= 11 is 0. The van der Waals surface area contributed by atoms with Crippen LogP contribution in [0, 0.1) is 6.92 Å². The van der Waals surface area contributed by atoms with Gasteiger partial charge in [0.05, 0.1) is 13.2 Å². The molecule has 0 saturated carbocycles. The number of likely N-dealkylation sites (N-methyl/N-ethyl adjacent to an activating group) is 1. The molecule has 3 heterocycles. The first kappa shape index (κ1) is 25.9. The predicted octanol–water partition coefficient (Wildman–Crippen LogP) is 4.25. The summed E-state index contributed by atoms with van der Waals surface area (Å²) in [5.41, 5.74) is 5.74. The van der Waals surface area contributed by atoms with Gasteiger partial charge in [-0.15, -0.1) is 0 Å². The molecule has 5 rings (SSSR count). The van der Waals surface area contributed by atoms with E-state index in [0.29, 0.717) is 24.7 Å². The van der Waals surface area contributed by atoms with Crippen molar-refractivity contribution in [1.82, 2.24) is 14.9 Å². The van der Waals surface area contributed by atoms with Crippen molar-refractivity contribution in [2.45, 2.75) is 20.3 Å². The maximum absolute atomic E-state index is 12.6. The van der Waals surface area contributed by atoms with Crippen molar-refractivity contribution in [2.75, 3.05) is 80.0 Å². The molecule has 38 heavy (non-hydrogen) atoms. The van der Waals surface area contributed by atoms with Gasteiger partial charge < -0.3 is 30.1 Å². The van der Waals surface area contributed by atoms with Crippen LogP contribution in [0.2, 0.25) is 0 Å². The van der Waals surface area contributed by atoms with E-state index in [1.165, 1.54) is 5.69 Å². The van der Waals surface area contributed by atoms with Crippen LogP contribution in [0.3, 0.4) is 0 Å². The number of carbonyl (C=O) groups excluding carboxylic acids is 1. The van der Waals surface area contributed by atoms with Crippen LogP contribution in [0.15, 0.2) is 48.5 Å². The molecule has 1 aromatic heterocycles. The smallest absolute Gasteiger partial charge is 0.323 e. The number of rotatable bonds is 6. The van der Waals surface area contributed by atoms with E-state index in [9.17, 15) is 4.79 Å². The van der Waals surface area contributed by atoms with Crippen molar-refractivity contribution in [2.24, 2.45) is 0 Å². The van der Waals surface area contributed by atoms with Gasteiger partial charge >= 0.3 is 6.03 Å². The second-order valence-electron chi connectivity index (χ2n) is 9.89. The minimum absolute atomic E-state index is 0.278. The van der Waals surface area contributed by atoms with E-state index < -0.39 is 0 Å². The molecule has 9 heteroatoms. The molecule has 0 bridgehead atoms. The molecule has 2 N–H and O–H groups in total. The highest BCUT2D eigenvalue weighted by atomic mass is 16.5. The Kier molecular flexibility index (Phi) is 8.05. The number of hydrogen-bond donors (Lipinski definition) is 2. The lowest BCUT2D eigenvalue weighted by atomic mass is 10.1. The number of anilines is 4. The summed E-state index contributed by atoms with van der Waals surface area (Å²) in [6, 6.07) is 15.4. The van der Waals surface area contributed by atoms with Crippen molar-refractivity contribution in [3.63, 3.8) is 0 Å². The van der Waals surface area contributed by atoms with Gasteiger partial charge in [0.15, 0.2) is 5.82 Å². The van der Waals surface area contributed by atoms with Crippen LogP contribution in [0.5, 0.6) is 0 Å². The topological polar surface area (TPSA) is 85.9 Å². The summed E-state index contributed by atoms with van der Waals surface area (Å²) in [6.07, 6.45) is 0.842. The summed E-state index contributed by atoms with van der Waals surface area (Å²) in [6.45, 7) is 11.5. The van der Waals surface area contributed by atoms with Gasteiger partial charge in [0.1, 0.15) is 5.82 Å². The Bertz CT molecular complexity index is 1230. The molecule has 0 radical (unpaired) electrons. The van der Waals surface area contributed by atoms with E-state index in [2.05, 4.69) is 58.4 Å². The molecule has 200 valence electrons. The summed E-state index contributed by atoms with van der Waals surface area (Å²) < 4.78 is 5.52. The van der Waals surface area contributed by atoms with Gasteiger partial charge in [0, 0.05) is 73.2 Å². The molecule has 0 unspecified atom stereocenters. The number of benzene rings is 2. The molecule has 0 atom stereocenters. The number of nitrogens with zero attached hydrogens (tertiary/aromatic N) is 5. The van der Waals surface area contributed by atoms with Gasteiger partial charge in [-0.25, -0.2) is 14.8 Å². The second-order valence-corrected chi connectivity index (χ2v) is 9.89. The first-order valence-electron chi connectivity index (χ1n) is 13.4. The van der Waals surface area contributed by atoms with Crippen molar-refractivity contribution in [3.05, 3.63) is 59.8 Å². The molecule has 3 aromatic rings. The van der Waals surface area contributed by atoms with E-state index in [1.807, 2.05) is 36.4 Å². The lowest BCUT2D eigenvalue weighted by Gasteiger charge is -2.34. The Labute approximate surface area is 224 Å². The molecule has 2 aliphatic heterocycles. The maximum atomic E-state index is 12.6. The van der Waals surface area contributed by atoms with Crippen LogP contribution in [0.25, 0.3) is 11.4 Å². The molecule has 2 aromatic carbocycles. The highest BCUT2D eigenvalue weighted by Crippen LogP contribution is 2.27. The summed E-state index contributed by atoms with van der Waals surface area (Å²) in [5.74, 6) is 1.68. The first-order chi connectivity index (χ1) is 18.5. The monoisotopic (exact) mass is 515 g/mol. The number of amides is 2. The third-order valence-corrected chi connectivity index (χ3v) is 7.26.